The molecule has 5 nitrogen and oxygen atoms in total. The van der Waals surface area contributed by atoms with Gasteiger partial charge in [-0.2, -0.15) is 13.2 Å². The lowest BCUT2D eigenvalue weighted by Crippen LogP contribution is -2.44. The van der Waals surface area contributed by atoms with Crippen LogP contribution >= 0.6 is 0 Å². The Hall–Kier alpha value is -2.35. The molecule has 0 saturated carbocycles. The van der Waals surface area contributed by atoms with E-state index >= 15 is 0 Å². The van der Waals surface area contributed by atoms with Gasteiger partial charge in [-0.15, -0.1) is 0 Å². The average Bonchev–Trinajstić information content (AvgIpc) is 2.56. The predicted octanol–water partition coefficient (Wildman–Crippen LogP) is 2.65. The maximum absolute atomic E-state index is 12.5. The summed E-state index contributed by atoms with van der Waals surface area (Å²) in [6.07, 6.45) is -1.55. The molecule has 2 aromatic rings. The summed E-state index contributed by atoms with van der Waals surface area (Å²) in [6.45, 7) is 3.41. The topological polar surface area (TPSA) is 53.1 Å². The van der Waals surface area contributed by atoms with Crippen LogP contribution in [0, 0.1) is 0 Å². The fourth-order valence-corrected chi connectivity index (χ4v) is 2.41. The fraction of sp³-hybridized carbons (Fsp3) is 0.333. The van der Waals surface area contributed by atoms with Crippen molar-refractivity contribution in [2.45, 2.75) is 6.18 Å². The number of rotatable bonds is 3. The predicted molar refractivity (Wildman–Crippen MR) is 81.8 cm³/mol. The van der Waals surface area contributed by atoms with Gasteiger partial charge in [-0.05, 0) is 24.3 Å². The largest absolute Gasteiger partial charge is 0.433 e. The number of nitrogens with zero attached hydrogens (tertiary/aromatic N) is 3. The molecule has 1 aliphatic rings. The van der Waals surface area contributed by atoms with Crippen molar-refractivity contribution in [1.29, 1.82) is 0 Å². The summed E-state index contributed by atoms with van der Waals surface area (Å²) >= 11 is 0. The molecule has 0 unspecified atom stereocenters. The molecule has 0 atom stereocenters. The Kier molecular flexibility index (Phi) is 4.33. The van der Waals surface area contributed by atoms with Crippen molar-refractivity contribution in [1.82, 2.24) is 15.3 Å². The molecular formula is C15H16F3N5. The van der Waals surface area contributed by atoms with E-state index in [-0.39, 0.29) is 0 Å². The smallest absolute Gasteiger partial charge is 0.352 e. The van der Waals surface area contributed by atoms with Crippen LogP contribution in [0.4, 0.5) is 30.4 Å². The van der Waals surface area contributed by atoms with Crippen molar-refractivity contribution < 1.29 is 13.2 Å². The lowest BCUT2D eigenvalue weighted by atomic mass is 10.2. The highest BCUT2D eigenvalue weighted by Crippen LogP contribution is 2.30. The minimum atomic E-state index is -4.43. The van der Waals surface area contributed by atoms with Crippen LogP contribution in [0.1, 0.15) is 5.69 Å². The Morgan fingerprint density at radius 1 is 1.09 bits per heavy atom. The number of hydrogen-bond donors (Lipinski definition) is 2. The third-order valence-corrected chi connectivity index (χ3v) is 3.54. The summed E-state index contributed by atoms with van der Waals surface area (Å²) in [5, 5.41) is 6.36. The highest BCUT2D eigenvalue weighted by Gasteiger charge is 2.32. The third-order valence-electron chi connectivity index (χ3n) is 3.54. The summed E-state index contributed by atoms with van der Waals surface area (Å²) in [5.74, 6) is 0.786. The molecule has 3 rings (SSSR count). The van der Waals surface area contributed by atoms with Gasteiger partial charge in [0.25, 0.3) is 0 Å². The first-order chi connectivity index (χ1) is 11.0. The van der Waals surface area contributed by atoms with Gasteiger partial charge in [0.1, 0.15) is 5.69 Å². The number of halogens is 3. The van der Waals surface area contributed by atoms with Gasteiger partial charge in [-0.1, -0.05) is 0 Å². The van der Waals surface area contributed by atoms with Crippen molar-refractivity contribution in [2.24, 2.45) is 0 Å². The van der Waals surface area contributed by atoms with Crippen LogP contribution in [0.25, 0.3) is 0 Å². The van der Waals surface area contributed by atoms with E-state index in [2.05, 4.69) is 25.5 Å². The summed E-state index contributed by atoms with van der Waals surface area (Å²) in [5.41, 5.74) is 0.329. The molecule has 0 radical (unpaired) electrons. The molecule has 0 aromatic carbocycles. The van der Waals surface area contributed by atoms with Gasteiger partial charge in [0, 0.05) is 32.4 Å². The Labute approximate surface area is 131 Å². The Morgan fingerprint density at radius 3 is 2.52 bits per heavy atom. The number of pyridine rings is 2. The van der Waals surface area contributed by atoms with Crippen LogP contribution in [0.2, 0.25) is 0 Å². The molecule has 0 aliphatic carbocycles. The molecule has 2 N–H and O–H groups in total. The van der Waals surface area contributed by atoms with Crippen LogP contribution in [0.15, 0.2) is 36.7 Å². The van der Waals surface area contributed by atoms with Crippen LogP contribution < -0.4 is 15.5 Å². The highest BCUT2D eigenvalue weighted by molar-refractivity contribution is 5.71. The second kappa shape index (κ2) is 6.41. The van der Waals surface area contributed by atoms with Gasteiger partial charge in [0.05, 0.1) is 17.6 Å². The molecule has 1 fully saturated rings. The van der Waals surface area contributed by atoms with Gasteiger partial charge in [-0.25, -0.2) is 9.97 Å². The van der Waals surface area contributed by atoms with Gasteiger partial charge in [0.15, 0.2) is 5.82 Å². The van der Waals surface area contributed by atoms with Crippen molar-refractivity contribution >= 4 is 17.2 Å². The van der Waals surface area contributed by atoms with Gasteiger partial charge in [-0.3, -0.25) is 0 Å². The Bertz CT molecular complexity index is 651. The number of piperazine rings is 1. The second-order valence-corrected chi connectivity index (χ2v) is 5.17. The highest BCUT2D eigenvalue weighted by atomic mass is 19.4. The molecule has 0 bridgehead atoms. The first-order valence-electron chi connectivity index (χ1n) is 7.25. The monoisotopic (exact) mass is 323 g/mol. The Morgan fingerprint density at radius 2 is 1.87 bits per heavy atom. The van der Waals surface area contributed by atoms with Crippen LogP contribution in [-0.4, -0.2) is 36.1 Å². The number of aromatic nitrogens is 2. The van der Waals surface area contributed by atoms with Crippen LogP contribution in [0.5, 0.6) is 0 Å². The van der Waals surface area contributed by atoms with Crippen molar-refractivity contribution in [3.8, 4) is 0 Å². The summed E-state index contributed by atoms with van der Waals surface area (Å²) < 4.78 is 37.6. The van der Waals surface area contributed by atoms with E-state index in [1.165, 1.54) is 12.3 Å². The fourth-order valence-electron chi connectivity index (χ4n) is 2.41. The van der Waals surface area contributed by atoms with E-state index in [1.54, 1.807) is 12.3 Å². The summed E-state index contributed by atoms with van der Waals surface area (Å²) in [4.78, 5) is 9.98. The normalized spacial score (nSPS) is 15.5. The first kappa shape index (κ1) is 15.5. The number of nitrogens with one attached hydrogen (secondary N) is 2. The first-order valence-corrected chi connectivity index (χ1v) is 7.25. The zero-order chi connectivity index (χ0) is 16.3. The van der Waals surface area contributed by atoms with Gasteiger partial charge >= 0.3 is 6.18 Å². The zero-order valence-electron chi connectivity index (χ0n) is 12.3. The molecule has 1 saturated heterocycles. The maximum Gasteiger partial charge on any atom is 0.433 e. The average molecular weight is 323 g/mol. The summed E-state index contributed by atoms with van der Waals surface area (Å²) in [6, 6.07) is 5.96. The number of hydrogen-bond acceptors (Lipinski definition) is 5. The van der Waals surface area contributed by atoms with Crippen molar-refractivity contribution in [2.75, 3.05) is 36.4 Å². The van der Waals surface area contributed by atoms with E-state index in [0.29, 0.717) is 5.69 Å². The van der Waals surface area contributed by atoms with Crippen molar-refractivity contribution in [3.05, 3.63) is 42.4 Å². The molecule has 0 amide bonds. The molecule has 1 aliphatic heterocycles. The molecule has 122 valence electrons. The molecule has 2 aromatic heterocycles. The quantitative estimate of drug-likeness (QED) is 0.909. The summed E-state index contributed by atoms with van der Waals surface area (Å²) in [7, 11) is 0. The third kappa shape index (κ3) is 3.70. The van der Waals surface area contributed by atoms with Gasteiger partial charge < -0.3 is 15.5 Å². The minimum absolute atomic E-state index is 0.488. The van der Waals surface area contributed by atoms with E-state index in [9.17, 15) is 13.2 Å². The molecule has 0 spiro atoms. The second-order valence-electron chi connectivity index (χ2n) is 5.17. The zero-order valence-corrected chi connectivity index (χ0v) is 12.3. The van der Waals surface area contributed by atoms with E-state index in [4.69, 9.17) is 0 Å². The van der Waals surface area contributed by atoms with Gasteiger partial charge in [0.2, 0.25) is 0 Å². The molecule has 23 heavy (non-hydrogen) atoms. The van der Waals surface area contributed by atoms with Crippen LogP contribution in [0.3, 0.4) is 0 Å². The lowest BCUT2D eigenvalue weighted by Gasteiger charge is -2.30. The molecular weight excluding hydrogens is 307 g/mol. The SMILES string of the molecule is FC(F)(F)c1ccc(Nc2cccnc2N2CCNCC2)cn1. The standard InChI is InChI=1S/C15H16F3N5/c16-15(17,18)13-4-3-11(10-21-13)22-12-2-1-5-20-14(12)23-8-6-19-7-9-23/h1-5,10,19,22H,6-9H2. The van der Waals surface area contributed by atoms with Crippen LogP contribution in [-0.2, 0) is 6.18 Å². The van der Waals surface area contributed by atoms with Crippen molar-refractivity contribution in [3.63, 3.8) is 0 Å². The maximum atomic E-state index is 12.5. The number of alkyl halides is 3. The van der Waals surface area contributed by atoms with E-state index < -0.39 is 11.9 Å². The lowest BCUT2D eigenvalue weighted by molar-refractivity contribution is -0.141. The van der Waals surface area contributed by atoms with E-state index in [0.717, 1.165) is 43.8 Å². The number of anilines is 3. The Balaban J connectivity index is 1.80. The molecule has 3 heterocycles. The minimum Gasteiger partial charge on any atom is -0.352 e. The van der Waals surface area contributed by atoms with E-state index in [1.807, 2.05) is 6.07 Å². The molecule has 8 heteroatoms.